The highest BCUT2D eigenvalue weighted by Gasteiger charge is 2.44. The van der Waals surface area contributed by atoms with E-state index in [4.69, 9.17) is 4.98 Å². The number of carbonyl (C=O) groups excluding carboxylic acids is 1. The van der Waals surface area contributed by atoms with Crippen molar-refractivity contribution in [3.05, 3.63) is 99.2 Å². The molecule has 234 valence electrons. The van der Waals surface area contributed by atoms with Crippen LogP contribution < -0.4 is 5.43 Å². The SMILES string of the molecule is Cc1nc2ccccc2n1C1CC2CC[C@H](C1)N2CCC1(c2ccccc2)CCN(C(=O)c2cc(=O)c3c([nH]2)CCCC3)CC1. The number of benzene rings is 2. The average molecular weight is 604 g/mol. The van der Waals surface area contributed by atoms with Crippen LogP contribution in [0.4, 0.5) is 0 Å². The van der Waals surface area contributed by atoms with Crippen molar-refractivity contribution in [2.45, 2.75) is 101 Å². The molecule has 3 atom stereocenters. The Balaban J connectivity index is 0.977. The van der Waals surface area contributed by atoms with Crippen LogP contribution in [0.3, 0.4) is 0 Å². The van der Waals surface area contributed by atoms with Gasteiger partial charge in [0.05, 0.1) is 11.0 Å². The van der Waals surface area contributed by atoms with E-state index in [0.717, 1.165) is 87.2 Å². The topological polar surface area (TPSA) is 74.2 Å². The minimum absolute atomic E-state index is 0.0235. The van der Waals surface area contributed by atoms with Gasteiger partial charge >= 0.3 is 0 Å². The number of nitrogens with zero attached hydrogens (tertiary/aromatic N) is 4. The number of imidazole rings is 1. The number of hydrogen-bond donors (Lipinski definition) is 1. The van der Waals surface area contributed by atoms with E-state index in [1.807, 2.05) is 4.90 Å². The second kappa shape index (κ2) is 11.6. The predicted molar refractivity (Wildman–Crippen MR) is 178 cm³/mol. The number of likely N-dealkylation sites (tertiary alicyclic amines) is 1. The van der Waals surface area contributed by atoms with Crippen LogP contribution in [0.1, 0.15) is 97.0 Å². The third-order valence-corrected chi connectivity index (χ3v) is 11.8. The zero-order valence-electron chi connectivity index (χ0n) is 26.5. The number of para-hydroxylation sites is 2. The molecule has 7 nitrogen and oxygen atoms in total. The van der Waals surface area contributed by atoms with Gasteiger partial charge in [-0.1, -0.05) is 42.5 Å². The summed E-state index contributed by atoms with van der Waals surface area (Å²) in [7, 11) is 0. The maximum absolute atomic E-state index is 13.7. The fourth-order valence-corrected chi connectivity index (χ4v) is 9.42. The lowest BCUT2D eigenvalue weighted by molar-refractivity contribution is 0.0601. The van der Waals surface area contributed by atoms with Crippen molar-refractivity contribution in [1.29, 1.82) is 0 Å². The molecule has 2 unspecified atom stereocenters. The highest BCUT2D eigenvalue weighted by molar-refractivity contribution is 5.92. The van der Waals surface area contributed by atoms with Crippen LogP contribution in [0.25, 0.3) is 11.0 Å². The summed E-state index contributed by atoms with van der Waals surface area (Å²) >= 11 is 0. The molecule has 4 aromatic rings. The van der Waals surface area contributed by atoms with Gasteiger partial charge in [-0.3, -0.25) is 14.5 Å². The van der Waals surface area contributed by atoms with Crippen LogP contribution in [0.2, 0.25) is 0 Å². The molecule has 2 aromatic heterocycles. The molecule has 0 saturated carbocycles. The molecule has 2 bridgehead atoms. The normalized spacial score (nSPS) is 24.6. The van der Waals surface area contributed by atoms with E-state index in [9.17, 15) is 9.59 Å². The Labute approximate surface area is 265 Å². The summed E-state index contributed by atoms with van der Waals surface area (Å²) in [5.41, 5.74) is 6.18. The van der Waals surface area contributed by atoms with Gasteiger partial charge in [0, 0.05) is 48.5 Å². The van der Waals surface area contributed by atoms with Crippen molar-refractivity contribution < 1.29 is 4.79 Å². The van der Waals surface area contributed by atoms with Crippen molar-refractivity contribution in [1.82, 2.24) is 24.3 Å². The summed E-state index contributed by atoms with van der Waals surface area (Å²) in [5, 5.41) is 0. The number of amides is 1. The van der Waals surface area contributed by atoms with Crippen molar-refractivity contribution in [2.24, 2.45) is 0 Å². The van der Waals surface area contributed by atoms with Crippen molar-refractivity contribution >= 4 is 16.9 Å². The van der Waals surface area contributed by atoms with Crippen LogP contribution in [-0.4, -0.2) is 62.0 Å². The van der Waals surface area contributed by atoms with Gasteiger partial charge < -0.3 is 14.5 Å². The molecule has 1 N–H and O–H groups in total. The number of aromatic nitrogens is 3. The number of carbonyl (C=O) groups is 1. The molecule has 1 amide bonds. The highest BCUT2D eigenvalue weighted by Crippen LogP contribution is 2.45. The number of nitrogens with one attached hydrogen (secondary N) is 1. The van der Waals surface area contributed by atoms with E-state index in [1.165, 1.54) is 36.8 Å². The first kappa shape index (κ1) is 28.7. The van der Waals surface area contributed by atoms with Gasteiger partial charge in [0.2, 0.25) is 0 Å². The molecule has 3 fully saturated rings. The average Bonchev–Trinajstić information content (AvgIpc) is 3.54. The Bertz CT molecular complexity index is 1750. The van der Waals surface area contributed by atoms with E-state index in [-0.39, 0.29) is 16.8 Å². The zero-order valence-corrected chi connectivity index (χ0v) is 26.5. The Morgan fingerprint density at radius 1 is 0.933 bits per heavy atom. The largest absolute Gasteiger partial charge is 0.354 e. The fraction of sp³-hybridized carbons (Fsp3) is 0.500. The lowest BCUT2D eigenvalue weighted by Gasteiger charge is -2.45. The standard InChI is InChI=1S/C38H45N5O2/c1-26-39-33-13-7-8-14-35(33)43(26)30-23-28-15-16-29(24-30)42(28)22-19-38(27-9-3-2-4-10-27)17-20-41(21-18-38)37(45)34-25-36(44)31-11-5-6-12-32(31)40-34/h2-4,7-10,13-14,25,28-30H,5-6,11-12,15-24H2,1H3,(H,40,44)/t28-,29?,30?/m1/s1. The summed E-state index contributed by atoms with van der Waals surface area (Å²) < 4.78 is 2.52. The summed E-state index contributed by atoms with van der Waals surface area (Å²) in [5.74, 6) is 1.11. The van der Waals surface area contributed by atoms with E-state index in [0.29, 0.717) is 23.8 Å². The van der Waals surface area contributed by atoms with Crippen molar-refractivity contribution in [3.63, 3.8) is 0 Å². The number of hydrogen-bond acceptors (Lipinski definition) is 4. The van der Waals surface area contributed by atoms with Gasteiger partial charge in [-0.05, 0) is 107 Å². The maximum Gasteiger partial charge on any atom is 0.270 e. The number of aromatic amines is 1. The minimum atomic E-state index is -0.0235. The summed E-state index contributed by atoms with van der Waals surface area (Å²) in [6, 6.07) is 22.9. The van der Waals surface area contributed by atoms with Crippen LogP contribution in [-0.2, 0) is 18.3 Å². The second-order valence-electron chi connectivity index (χ2n) is 14.2. The van der Waals surface area contributed by atoms with E-state index in [1.54, 1.807) is 6.07 Å². The summed E-state index contributed by atoms with van der Waals surface area (Å²) in [6.45, 7) is 4.70. The van der Waals surface area contributed by atoms with Crippen molar-refractivity contribution in [2.75, 3.05) is 19.6 Å². The second-order valence-corrected chi connectivity index (χ2v) is 14.2. The lowest BCUT2D eigenvalue weighted by atomic mass is 9.70. The molecular weight excluding hydrogens is 558 g/mol. The first-order chi connectivity index (χ1) is 22.0. The van der Waals surface area contributed by atoms with Gasteiger partial charge in [0.15, 0.2) is 5.43 Å². The minimum Gasteiger partial charge on any atom is -0.354 e. The highest BCUT2D eigenvalue weighted by atomic mass is 16.2. The molecule has 5 heterocycles. The maximum atomic E-state index is 13.7. The zero-order chi connectivity index (χ0) is 30.5. The third kappa shape index (κ3) is 5.13. The molecule has 8 rings (SSSR count). The summed E-state index contributed by atoms with van der Waals surface area (Å²) in [4.78, 5) is 39.5. The number of pyridine rings is 1. The molecule has 0 spiro atoms. The summed E-state index contributed by atoms with van der Waals surface area (Å²) in [6.07, 6.45) is 11.8. The smallest absolute Gasteiger partial charge is 0.270 e. The van der Waals surface area contributed by atoms with E-state index >= 15 is 0 Å². The molecular formula is C38H45N5O2. The van der Waals surface area contributed by atoms with Crippen LogP contribution >= 0.6 is 0 Å². The Morgan fingerprint density at radius 3 is 2.42 bits per heavy atom. The number of rotatable bonds is 6. The number of fused-ring (bicyclic) bond motifs is 4. The Kier molecular flexibility index (Phi) is 7.40. The van der Waals surface area contributed by atoms with Gasteiger partial charge in [-0.25, -0.2) is 4.98 Å². The van der Waals surface area contributed by atoms with Gasteiger partial charge in [0.25, 0.3) is 5.91 Å². The van der Waals surface area contributed by atoms with Crippen LogP contribution in [0, 0.1) is 6.92 Å². The molecule has 45 heavy (non-hydrogen) atoms. The quantitative estimate of drug-likeness (QED) is 0.279. The Hall–Kier alpha value is -3.71. The number of H-pyrrole nitrogens is 1. The molecule has 2 aromatic carbocycles. The van der Waals surface area contributed by atoms with Gasteiger partial charge in [-0.15, -0.1) is 0 Å². The number of aryl methyl sites for hydroxylation is 2. The van der Waals surface area contributed by atoms with E-state index < -0.39 is 0 Å². The Morgan fingerprint density at radius 2 is 1.64 bits per heavy atom. The third-order valence-electron chi connectivity index (χ3n) is 11.8. The monoisotopic (exact) mass is 603 g/mol. The molecule has 0 radical (unpaired) electrons. The first-order valence-corrected chi connectivity index (χ1v) is 17.3. The molecule has 4 aliphatic rings. The van der Waals surface area contributed by atoms with Gasteiger partial charge in [0.1, 0.15) is 11.5 Å². The predicted octanol–water partition coefficient (Wildman–Crippen LogP) is 6.34. The fourth-order valence-electron chi connectivity index (χ4n) is 9.42. The lowest BCUT2D eigenvalue weighted by Crippen LogP contribution is -2.49. The molecule has 7 heteroatoms. The van der Waals surface area contributed by atoms with E-state index in [2.05, 4.69) is 76.0 Å². The number of piperidine rings is 2. The van der Waals surface area contributed by atoms with Crippen LogP contribution in [0.5, 0.6) is 0 Å². The molecule has 3 aliphatic heterocycles. The van der Waals surface area contributed by atoms with Crippen LogP contribution in [0.15, 0.2) is 65.5 Å². The van der Waals surface area contributed by atoms with Crippen molar-refractivity contribution in [3.8, 4) is 0 Å². The first-order valence-electron chi connectivity index (χ1n) is 17.3. The molecule has 1 aliphatic carbocycles. The molecule has 3 saturated heterocycles. The van der Waals surface area contributed by atoms with Gasteiger partial charge in [-0.2, -0.15) is 0 Å².